The summed E-state index contributed by atoms with van der Waals surface area (Å²) in [6.07, 6.45) is -3.20. The van der Waals surface area contributed by atoms with E-state index in [0.717, 1.165) is 23.1 Å². The molecule has 3 N–H and O–H groups in total. The highest BCUT2D eigenvalue weighted by Crippen LogP contribution is 2.47. The summed E-state index contributed by atoms with van der Waals surface area (Å²) in [4.78, 5) is 38.2. The van der Waals surface area contributed by atoms with E-state index in [-0.39, 0.29) is 12.3 Å². The molecule has 2 aromatic carbocycles. The lowest BCUT2D eigenvalue weighted by Gasteiger charge is -2.26. The first kappa shape index (κ1) is 33.3. The molecule has 0 amide bonds. The number of carbonyl (C=O) groups excluding carboxylic acids is 1. The zero-order valence-electron chi connectivity index (χ0n) is 24.8. The fourth-order valence-electron chi connectivity index (χ4n) is 4.66. The summed E-state index contributed by atoms with van der Waals surface area (Å²) in [5.74, 6) is -0.486. The molecule has 1 aromatic heterocycles. The zero-order valence-corrected chi connectivity index (χ0v) is 25.7. The summed E-state index contributed by atoms with van der Waals surface area (Å²) in [5.41, 5.74) is -2.09. The number of alkyl halides is 1. The lowest BCUT2D eigenvalue weighted by molar-refractivity contribution is -0.149. The van der Waals surface area contributed by atoms with Crippen LogP contribution in [0.1, 0.15) is 38.8 Å². The number of ether oxygens (including phenoxy) is 2. The summed E-state index contributed by atoms with van der Waals surface area (Å²) < 4.78 is 53.5. The van der Waals surface area contributed by atoms with Crippen LogP contribution in [0.25, 0.3) is 0 Å². The first-order valence-electron chi connectivity index (χ1n) is 14.1. The van der Waals surface area contributed by atoms with Crippen molar-refractivity contribution in [2.75, 3.05) is 6.61 Å². The molecule has 0 aliphatic carbocycles. The van der Waals surface area contributed by atoms with Gasteiger partial charge in [0.2, 0.25) is 0 Å². The second kappa shape index (κ2) is 14.0. The minimum atomic E-state index is -4.41. The van der Waals surface area contributed by atoms with Gasteiger partial charge >= 0.3 is 19.4 Å². The summed E-state index contributed by atoms with van der Waals surface area (Å²) in [5, 5.41) is 13.4. The van der Waals surface area contributed by atoms with Crippen LogP contribution in [0.2, 0.25) is 0 Å². The number of halogens is 1. The Labute approximate surface area is 253 Å². The first-order chi connectivity index (χ1) is 20.8. The van der Waals surface area contributed by atoms with E-state index in [9.17, 15) is 24.1 Å². The lowest BCUT2D eigenvalue weighted by atomic mass is 9.95. The van der Waals surface area contributed by atoms with Crippen molar-refractivity contribution in [3.05, 3.63) is 98.8 Å². The Hall–Kier alpha value is -3.61. The number of hydrogen-bond donors (Lipinski definition) is 3. The number of hydrogen-bond acceptors (Lipinski definition) is 9. The van der Waals surface area contributed by atoms with Gasteiger partial charge in [0.1, 0.15) is 30.1 Å². The summed E-state index contributed by atoms with van der Waals surface area (Å²) in [6.45, 7) is 4.94. The molecule has 0 radical (unpaired) electrons. The molecule has 4 rings (SSSR count). The highest BCUT2D eigenvalue weighted by Gasteiger charge is 2.54. The van der Waals surface area contributed by atoms with E-state index in [2.05, 4.69) is 10.1 Å². The Morgan fingerprint density at radius 1 is 1.14 bits per heavy atom. The van der Waals surface area contributed by atoms with Gasteiger partial charge in [-0.1, -0.05) is 48.5 Å². The molecule has 2 heterocycles. The number of carbonyl (C=O) groups is 1. The molecule has 1 unspecified atom stereocenters. The number of nitrogens with zero attached hydrogens (tertiary/aromatic N) is 1. The minimum Gasteiger partial charge on any atom is -0.462 e. The van der Waals surface area contributed by atoms with Crippen molar-refractivity contribution >= 4 is 13.7 Å². The Kier molecular flexibility index (Phi) is 10.6. The van der Waals surface area contributed by atoms with Crippen molar-refractivity contribution in [3.8, 4) is 5.75 Å². The molecule has 0 spiro atoms. The number of aliphatic hydroxyl groups is 1. The highest BCUT2D eigenvalue weighted by atomic mass is 31.2. The minimum absolute atomic E-state index is 0.218. The average molecular weight is 634 g/mol. The fourth-order valence-corrected chi connectivity index (χ4v) is 6.20. The smallest absolute Gasteiger partial charge is 0.459 e. The molecule has 1 aliphatic rings. The third-order valence-corrected chi connectivity index (χ3v) is 8.68. The van der Waals surface area contributed by atoms with Crippen molar-refractivity contribution in [3.63, 3.8) is 0 Å². The number of nitrogens with one attached hydrogen (secondary N) is 2. The maximum Gasteiger partial charge on any atom is 0.459 e. The van der Waals surface area contributed by atoms with Crippen LogP contribution in [0, 0.1) is 0 Å². The van der Waals surface area contributed by atoms with Gasteiger partial charge in [-0.15, -0.1) is 0 Å². The molecule has 12 nitrogen and oxygen atoms in total. The molecule has 238 valence electrons. The molecule has 1 fully saturated rings. The van der Waals surface area contributed by atoms with Crippen molar-refractivity contribution < 1.29 is 37.4 Å². The predicted molar refractivity (Wildman–Crippen MR) is 159 cm³/mol. The Morgan fingerprint density at radius 3 is 2.50 bits per heavy atom. The highest BCUT2D eigenvalue weighted by molar-refractivity contribution is 7.52. The van der Waals surface area contributed by atoms with Gasteiger partial charge in [0.15, 0.2) is 5.67 Å². The monoisotopic (exact) mass is 633 g/mol. The van der Waals surface area contributed by atoms with E-state index in [1.54, 1.807) is 38.1 Å². The number of para-hydroxylation sites is 1. The van der Waals surface area contributed by atoms with Gasteiger partial charge in [-0.25, -0.2) is 13.8 Å². The van der Waals surface area contributed by atoms with Crippen LogP contribution in [0.5, 0.6) is 5.75 Å². The standard InChI is InChI=1S/C30H37FN3O9P/c1-19(2)41-28(37)20(3)33-44(39,43-23-13-9-8-12-22(23)16-21-10-6-5-7-11-21)40-18-24-27(36)30(4,31)25(42-24)17-34-15-14-26(35)32-29(34)38/h5-15,19-20,24-25,27,36H,16-18H2,1-4H3,(H,33,39)(H,32,35,38)/t20-,24+,25-,27+,30-,44?/m0/s1. The van der Waals surface area contributed by atoms with E-state index in [1.165, 1.54) is 13.1 Å². The summed E-state index contributed by atoms with van der Waals surface area (Å²) in [7, 11) is -4.41. The van der Waals surface area contributed by atoms with Gasteiger partial charge in [-0.05, 0) is 44.9 Å². The molecule has 0 bridgehead atoms. The van der Waals surface area contributed by atoms with Gasteiger partial charge < -0.3 is 19.1 Å². The van der Waals surface area contributed by atoms with Crippen LogP contribution in [0.4, 0.5) is 4.39 Å². The first-order valence-corrected chi connectivity index (χ1v) is 15.7. The third kappa shape index (κ3) is 8.30. The number of aliphatic hydroxyl groups excluding tert-OH is 1. The molecular weight excluding hydrogens is 596 g/mol. The SMILES string of the molecule is CC(C)OC(=O)[C@H](C)NP(=O)(OC[C@H]1O[C@@H](Cn2ccc(=O)[nH]c2=O)[C@](C)(F)[C@@H]1O)Oc1ccccc1Cc1ccccc1. The van der Waals surface area contributed by atoms with E-state index >= 15 is 4.39 Å². The lowest BCUT2D eigenvalue weighted by Crippen LogP contribution is -2.45. The van der Waals surface area contributed by atoms with E-state index in [1.807, 2.05) is 30.3 Å². The maximum absolute atomic E-state index is 15.7. The number of aromatic nitrogens is 2. The van der Waals surface area contributed by atoms with Gasteiger partial charge in [0, 0.05) is 18.7 Å². The number of esters is 1. The fraction of sp³-hybridized carbons (Fsp3) is 0.433. The van der Waals surface area contributed by atoms with Crippen molar-refractivity contribution in [1.29, 1.82) is 0 Å². The molecular formula is C30H37FN3O9P. The van der Waals surface area contributed by atoms with Crippen LogP contribution in [0.15, 0.2) is 76.4 Å². The van der Waals surface area contributed by atoms with Gasteiger partial charge in [-0.3, -0.25) is 23.7 Å². The van der Waals surface area contributed by atoms with E-state index in [0.29, 0.717) is 12.0 Å². The topological polar surface area (TPSA) is 158 Å². The molecule has 1 aliphatic heterocycles. The number of aromatic amines is 1. The zero-order chi connectivity index (χ0) is 32.1. The Bertz CT molecular complexity index is 1590. The van der Waals surface area contributed by atoms with Crippen LogP contribution < -0.4 is 20.9 Å². The summed E-state index contributed by atoms with van der Waals surface area (Å²) in [6, 6.07) is 16.4. The Balaban J connectivity index is 1.55. The summed E-state index contributed by atoms with van der Waals surface area (Å²) >= 11 is 0. The quantitative estimate of drug-likeness (QED) is 0.189. The molecule has 0 saturated carbocycles. The predicted octanol–water partition coefficient (Wildman–Crippen LogP) is 3.12. The van der Waals surface area contributed by atoms with Crippen molar-refractivity contribution in [2.24, 2.45) is 0 Å². The van der Waals surface area contributed by atoms with Crippen molar-refractivity contribution in [2.45, 2.75) is 76.8 Å². The maximum atomic E-state index is 15.7. The largest absolute Gasteiger partial charge is 0.462 e. The Morgan fingerprint density at radius 2 is 1.82 bits per heavy atom. The van der Waals surface area contributed by atoms with Gasteiger partial charge in [-0.2, -0.15) is 5.09 Å². The molecule has 3 aromatic rings. The molecule has 14 heteroatoms. The molecule has 44 heavy (non-hydrogen) atoms. The molecule has 1 saturated heterocycles. The normalized spacial score (nSPS) is 23.7. The van der Waals surface area contributed by atoms with E-state index < -0.39 is 67.7 Å². The van der Waals surface area contributed by atoms with Gasteiger partial charge in [0.05, 0.1) is 19.3 Å². The average Bonchev–Trinajstić information content (AvgIpc) is 3.17. The number of H-pyrrole nitrogens is 1. The second-order valence-electron chi connectivity index (χ2n) is 11.0. The van der Waals surface area contributed by atoms with Crippen molar-refractivity contribution in [1.82, 2.24) is 14.6 Å². The third-order valence-electron chi connectivity index (χ3n) is 7.05. The van der Waals surface area contributed by atoms with Crippen LogP contribution in [0.3, 0.4) is 0 Å². The van der Waals surface area contributed by atoms with E-state index in [4.69, 9.17) is 18.5 Å². The van der Waals surface area contributed by atoms with Crippen LogP contribution >= 0.6 is 7.75 Å². The second-order valence-corrected chi connectivity index (χ2v) is 12.7. The number of rotatable bonds is 13. The molecule has 6 atom stereocenters. The van der Waals surface area contributed by atoms with Crippen LogP contribution in [-0.4, -0.2) is 63.4 Å². The van der Waals surface area contributed by atoms with Crippen LogP contribution in [-0.2, 0) is 36.3 Å². The number of benzene rings is 2. The van der Waals surface area contributed by atoms with Gasteiger partial charge in [0.25, 0.3) is 5.56 Å².